The first-order valence-corrected chi connectivity index (χ1v) is 25.3. The number of halogens is 1. The van der Waals surface area contributed by atoms with Gasteiger partial charge >= 0.3 is 12.1 Å². The van der Waals surface area contributed by atoms with E-state index in [1.165, 1.54) is 59.6 Å². The molecule has 4 aliphatic heterocycles. The average molecular weight is 1010 g/mol. The number of aliphatic hydroxyl groups is 1. The van der Waals surface area contributed by atoms with Crippen molar-refractivity contribution >= 4 is 80.5 Å². The molecule has 3 saturated heterocycles. The molecule has 4 heterocycles. The minimum atomic E-state index is -1.86. The largest absolute Gasteiger partial charge is 0.495 e. The summed E-state index contributed by atoms with van der Waals surface area (Å²) >= 11 is 6.81. The van der Waals surface area contributed by atoms with Crippen molar-refractivity contribution in [3.8, 4) is 5.75 Å². The fourth-order valence-corrected chi connectivity index (χ4v) is 11.2. The number of nitrogens with one attached hydrogen (secondary N) is 2. The van der Waals surface area contributed by atoms with Crippen LogP contribution in [-0.4, -0.2) is 150 Å². The quantitative estimate of drug-likeness (QED) is 0.0694. The number of alkyl carbamates (subject to hydrolysis) is 1. The summed E-state index contributed by atoms with van der Waals surface area (Å²) in [6.07, 6.45) is 0.812. The lowest BCUT2D eigenvalue weighted by atomic mass is 9.83. The Bertz CT molecular complexity index is 2180. The summed E-state index contributed by atoms with van der Waals surface area (Å²) in [4.78, 5) is 95.4. The van der Waals surface area contributed by atoms with Crippen LogP contribution in [0, 0.1) is 11.8 Å². The standard InChI is InChI=1S/C47H66ClN5O13S2/c1-26-13-12-14-34(63-11)47(61)24-33(64-44(60)50-47)28(3)41-46(7,66-41)35(23-38(56)52(9)31-21-30(19-26)22-32(62-10)40(31)48)65-43(59)29(4)51(8)37(55)16-18-67-68-45(5,6)25-49-36(54)15-17-53-39(57)20-27(2)42(53)58/h12-14,21-22,27-29,33-35,41,61H,15-20,23-25H2,1-11H3,(H,49,54)(H,50,60)/b14-12+,26-13+/t27?,28-,29+,33+,34-,35+,41-,46+,47+/m1/s1. The molecule has 1 aromatic rings. The van der Waals surface area contributed by atoms with Gasteiger partial charge in [-0.25, -0.2) is 9.59 Å². The SMILES string of the molecule is COc1cc2cc(c1Cl)N(C)C(=O)C[C@H](OC(=O)[C@H](C)N(C)C(=O)CCSSC(C)(C)CNC(=O)CCN1C(=O)CC(C)C1=O)[C@]1(C)O[C@@H]1[C@H](C)[C@@H]1C[C@@](O)(NC(=O)O1)[C@H](OC)/C=C/C=C(\C)C2. The van der Waals surface area contributed by atoms with Gasteiger partial charge in [0.25, 0.3) is 0 Å². The monoisotopic (exact) mass is 1010 g/mol. The smallest absolute Gasteiger partial charge is 0.409 e. The molecule has 0 saturated carbocycles. The van der Waals surface area contributed by atoms with Crippen molar-refractivity contribution in [3.05, 3.63) is 46.5 Å². The number of fused-ring (bicyclic) bond motifs is 5. The van der Waals surface area contributed by atoms with Crippen LogP contribution in [0.3, 0.4) is 0 Å². The number of ether oxygens (including phenoxy) is 5. The molecule has 0 aromatic heterocycles. The maximum absolute atomic E-state index is 14.3. The Balaban J connectivity index is 1.27. The molecule has 0 aliphatic carbocycles. The molecular formula is C47H66ClN5O13S2. The molecule has 376 valence electrons. The average Bonchev–Trinajstić information content (AvgIpc) is 3.91. The van der Waals surface area contributed by atoms with Crippen molar-refractivity contribution < 1.29 is 62.4 Å². The number of nitrogens with zero attached hydrogens (tertiary/aromatic N) is 3. The molecule has 0 radical (unpaired) electrons. The first kappa shape index (κ1) is 54.6. The van der Waals surface area contributed by atoms with Crippen LogP contribution < -0.4 is 20.3 Å². The first-order chi connectivity index (χ1) is 31.8. The second kappa shape index (κ2) is 22.6. The normalized spacial score (nSPS) is 29.5. The number of rotatable bonds is 15. The van der Waals surface area contributed by atoms with Gasteiger partial charge in [-0.15, -0.1) is 0 Å². The summed E-state index contributed by atoms with van der Waals surface area (Å²) in [5.41, 5.74) is -1.09. The lowest BCUT2D eigenvalue weighted by Crippen LogP contribution is -2.63. The molecule has 0 spiro atoms. The van der Waals surface area contributed by atoms with Gasteiger partial charge in [0.15, 0.2) is 5.72 Å². The summed E-state index contributed by atoms with van der Waals surface area (Å²) in [5, 5.41) is 17.4. The van der Waals surface area contributed by atoms with Crippen molar-refractivity contribution in [1.29, 1.82) is 0 Å². The van der Waals surface area contributed by atoms with Gasteiger partial charge in [0.05, 0.1) is 25.3 Å². The fraction of sp³-hybridized carbons (Fsp3) is 0.638. The second-order valence-electron chi connectivity index (χ2n) is 18.8. The van der Waals surface area contributed by atoms with E-state index in [9.17, 15) is 38.7 Å². The van der Waals surface area contributed by atoms with Crippen molar-refractivity contribution in [1.82, 2.24) is 20.4 Å². The number of likely N-dealkylation sites (N-methyl/N-ethyl adjacent to an activating group) is 1. The molecule has 3 fully saturated rings. The van der Waals surface area contributed by atoms with Gasteiger partial charge in [0.2, 0.25) is 29.5 Å². The molecule has 3 N–H and O–H groups in total. The zero-order chi connectivity index (χ0) is 50.5. The van der Waals surface area contributed by atoms with Crippen molar-refractivity contribution in [2.75, 3.05) is 52.1 Å². The van der Waals surface area contributed by atoms with E-state index in [1.807, 2.05) is 26.8 Å². The van der Waals surface area contributed by atoms with Crippen LogP contribution >= 0.6 is 33.2 Å². The number of esters is 1. The maximum Gasteiger partial charge on any atom is 0.409 e. The summed E-state index contributed by atoms with van der Waals surface area (Å²) in [6.45, 7) is 12.8. The predicted molar refractivity (Wildman–Crippen MR) is 258 cm³/mol. The summed E-state index contributed by atoms with van der Waals surface area (Å²) in [7, 11) is 8.86. The van der Waals surface area contributed by atoms with Gasteiger partial charge in [-0.05, 0) is 58.7 Å². The van der Waals surface area contributed by atoms with Crippen molar-refractivity contribution in [2.45, 2.75) is 134 Å². The number of benzene rings is 1. The highest BCUT2D eigenvalue weighted by Gasteiger charge is 2.64. The molecular weight excluding hydrogens is 942 g/mol. The van der Waals surface area contributed by atoms with E-state index < -0.39 is 70.4 Å². The van der Waals surface area contributed by atoms with Gasteiger partial charge in [-0.1, -0.05) is 70.8 Å². The van der Waals surface area contributed by atoms with Crippen LogP contribution in [0.15, 0.2) is 35.9 Å². The Labute approximate surface area is 411 Å². The van der Waals surface area contributed by atoms with Crippen LogP contribution in [0.5, 0.6) is 5.75 Å². The lowest BCUT2D eigenvalue weighted by molar-refractivity contribution is -0.162. The number of methoxy groups -OCH3 is 2. The highest BCUT2D eigenvalue weighted by molar-refractivity contribution is 8.77. The van der Waals surface area contributed by atoms with Gasteiger partial charge < -0.3 is 43.9 Å². The minimum Gasteiger partial charge on any atom is -0.495 e. The van der Waals surface area contributed by atoms with Crippen LogP contribution in [0.4, 0.5) is 10.5 Å². The molecule has 4 aliphatic rings. The predicted octanol–water partition coefficient (Wildman–Crippen LogP) is 4.97. The van der Waals surface area contributed by atoms with Crippen molar-refractivity contribution in [3.63, 3.8) is 0 Å². The molecule has 68 heavy (non-hydrogen) atoms. The number of carbonyl (C=O) groups excluding carboxylic acids is 7. The van der Waals surface area contributed by atoms with Crippen LogP contribution in [-0.2, 0) is 54.1 Å². The molecule has 21 heteroatoms. The van der Waals surface area contributed by atoms with E-state index in [-0.39, 0.29) is 73.2 Å². The maximum atomic E-state index is 14.3. The molecule has 6 amide bonds. The third-order valence-corrected chi connectivity index (χ3v) is 16.6. The number of likely N-dealkylation sites (tertiary alicyclic amines) is 1. The molecule has 1 unspecified atom stereocenters. The van der Waals surface area contributed by atoms with Crippen molar-refractivity contribution in [2.24, 2.45) is 11.8 Å². The Hall–Kier alpha value is -4.34. The summed E-state index contributed by atoms with van der Waals surface area (Å²) in [5.74, 6) is -2.60. The zero-order valence-corrected chi connectivity index (χ0v) is 43.1. The van der Waals surface area contributed by atoms with E-state index in [0.29, 0.717) is 30.2 Å². The Morgan fingerprint density at radius 3 is 2.47 bits per heavy atom. The van der Waals surface area contributed by atoms with E-state index in [1.54, 1.807) is 52.1 Å². The molecule has 1 aromatic carbocycles. The molecule has 5 rings (SSSR count). The summed E-state index contributed by atoms with van der Waals surface area (Å²) in [6, 6.07) is 2.48. The first-order valence-electron chi connectivity index (χ1n) is 22.6. The minimum absolute atomic E-state index is 0.00501. The van der Waals surface area contributed by atoms with E-state index in [4.69, 9.17) is 35.3 Å². The van der Waals surface area contributed by atoms with E-state index in [0.717, 1.165) is 16.0 Å². The number of amides is 6. The number of hydrogen-bond acceptors (Lipinski definition) is 15. The number of allylic oxidation sites excluding steroid dienone is 3. The summed E-state index contributed by atoms with van der Waals surface area (Å²) < 4.78 is 29.0. The molecule has 9 atom stereocenters. The zero-order valence-electron chi connectivity index (χ0n) is 40.7. The highest BCUT2D eigenvalue weighted by atomic mass is 35.5. The Kier molecular flexibility index (Phi) is 18.1. The van der Waals surface area contributed by atoms with E-state index in [2.05, 4.69) is 10.6 Å². The topological polar surface area (TPSA) is 223 Å². The number of imide groups is 1. The Morgan fingerprint density at radius 1 is 1.12 bits per heavy atom. The Morgan fingerprint density at radius 2 is 1.82 bits per heavy atom. The number of epoxide rings is 1. The van der Waals surface area contributed by atoms with Gasteiger partial charge in [-0.2, -0.15) is 0 Å². The van der Waals surface area contributed by atoms with Crippen LogP contribution in [0.25, 0.3) is 0 Å². The third kappa shape index (κ3) is 13.1. The van der Waals surface area contributed by atoms with Gasteiger partial charge in [0.1, 0.15) is 40.7 Å². The number of carbonyl (C=O) groups is 7. The molecule has 18 nitrogen and oxygen atoms in total. The molecule has 4 bridgehead atoms. The number of hydrogen-bond donors (Lipinski definition) is 3. The van der Waals surface area contributed by atoms with E-state index >= 15 is 0 Å². The number of anilines is 1. The third-order valence-electron chi connectivity index (χ3n) is 13.0. The van der Waals surface area contributed by atoms with Crippen LogP contribution in [0.2, 0.25) is 5.02 Å². The van der Waals surface area contributed by atoms with Gasteiger partial charge in [-0.3, -0.25) is 34.2 Å². The van der Waals surface area contributed by atoms with Crippen LogP contribution in [0.1, 0.15) is 86.1 Å². The highest BCUT2D eigenvalue weighted by Crippen LogP contribution is 2.49. The fourth-order valence-electron chi connectivity index (χ4n) is 8.45. The lowest BCUT2D eigenvalue weighted by Gasteiger charge is -2.42. The second-order valence-corrected chi connectivity index (χ2v) is 22.3. The van der Waals surface area contributed by atoms with Gasteiger partial charge in [0, 0.05) is 82.3 Å².